The van der Waals surface area contributed by atoms with Gasteiger partial charge in [-0.05, 0) is 13.3 Å². The minimum atomic E-state index is -1.27. The van der Waals surface area contributed by atoms with E-state index in [0.29, 0.717) is 6.42 Å². The number of hydrogen-bond acceptors (Lipinski definition) is 7. The molecule has 1 saturated heterocycles. The molecule has 0 saturated carbocycles. The number of carbonyl (C=O) groups is 2. The van der Waals surface area contributed by atoms with Gasteiger partial charge in [0.1, 0.15) is 6.10 Å². The Kier molecular flexibility index (Phi) is 4.93. The predicted molar refractivity (Wildman–Crippen MR) is 81.2 cm³/mol. The number of ether oxygens (including phenoxy) is 3. The van der Waals surface area contributed by atoms with Gasteiger partial charge in [-0.15, -0.1) is 0 Å². The Labute approximate surface area is 137 Å². The van der Waals surface area contributed by atoms with E-state index in [9.17, 15) is 19.2 Å². The summed E-state index contributed by atoms with van der Waals surface area (Å²) in [6.45, 7) is 5.85. The lowest BCUT2D eigenvalue weighted by Crippen LogP contribution is -2.50. The largest absolute Gasteiger partial charge is 0.453 e. The molecule has 132 valence electrons. The first-order chi connectivity index (χ1) is 11.2. The molecule has 2 heterocycles. The van der Waals surface area contributed by atoms with Gasteiger partial charge in [0.05, 0.1) is 0 Å². The maximum atomic E-state index is 12.1. The molecule has 4 atom stereocenters. The zero-order valence-electron chi connectivity index (χ0n) is 13.9. The highest BCUT2D eigenvalue weighted by Gasteiger charge is 2.58. The summed E-state index contributed by atoms with van der Waals surface area (Å²) < 4.78 is 17.7. The third kappa shape index (κ3) is 3.25. The highest BCUT2D eigenvalue weighted by molar-refractivity contribution is 5.68. The van der Waals surface area contributed by atoms with Crippen LogP contribution in [0.1, 0.15) is 40.3 Å². The molecule has 0 radical (unpaired) electrons. The molecule has 1 aromatic rings. The van der Waals surface area contributed by atoms with Crippen LogP contribution in [0.4, 0.5) is 0 Å². The average Bonchev–Trinajstić information content (AvgIpc) is 2.70. The number of esters is 2. The van der Waals surface area contributed by atoms with Crippen molar-refractivity contribution in [3.63, 3.8) is 0 Å². The lowest BCUT2D eigenvalue weighted by Gasteiger charge is -2.33. The summed E-state index contributed by atoms with van der Waals surface area (Å²) in [5.41, 5.74) is -2.55. The number of aromatic amines is 1. The van der Waals surface area contributed by atoms with E-state index in [1.165, 1.54) is 20.0 Å². The van der Waals surface area contributed by atoms with Crippen molar-refractivity contribution in [2.45, 2.75) is 58.2 Å². The first kappa shape index (κ1) is 17.9. The van der Waals surface area contributed by atoms with Crippen molar-refractivity contribution in [2.75, 3.05) is 0 Å². The van der Waals surface area contributed by atoms with Crippen molar-refractivity contribution in [3.05, 3.63) is 33.1 Å². The van der Waals surface area contributed by atoms with Crippen LogP contribution in [-0.2, 0) is 23.8 Å². The minimum absolute atomic E-state index is 0.455. The van der Waals surface area contributed by atoms with Crippen molar-refractivity contribution in [1.29, 1.82) is 0 Å². The average molecular weight is 340 g/mol. The molecular weight excluding hydrogens is 320 g/mol. The van der Waals surface area contributed by atoms with E-state index in [-0.39, 0.29) is 0 Å². The van der Waals surface area contributed by atoms with Crippen LogP contribution in [0.2, 0.25) is 0 Å². The van der Waals surface area contributed by atoms with E-state index in [1.807, 2.05) is 6.92 Å². The Hall–Kier alpha value is -2.42. The summed E-state index contributed by atoms with van der Waals surface area (Å²) in [6.07, 6.45) is -0.986. The molecule has 1 N–H and O–H groups in total. The van der Waals surface area contributed by atoms with E-state index >= 15 is 0 Å². The molecule has 9 nitrogen and oxygen atoms in total. The lowest BCUT2D eigenvalue weighted by molar-refractivity contribution is -0.181. The monoisotopic (exact) mass is 340 g/mol. The third-order valence-corrected chi connectivity index (χ3v) is 3.92. The van der Waals surface area contributed by atoms with Crippen LogP contribution >= 0.6 is 0 Å². The van der Waals surface area contributed by atoms with Gasteiger partial charge in [0, 0.05) is 26.1 Å². The van der Waals surface area contributed by atoms with Gasteiger partial charge in [-0.25, -0.2) is 4.79 Å². The Bertz CT molecular complexity index is 753. The van der Waals surface area contributed by atoms with Crippen molar-refractivity contribution in [3.8, 4) is 0 Å². The molecule has 1 fully saturated rings. The number of hydrogen-bond donors (Lipinski definition) is 1. The van der Waals surface area contributed by atoms with Gasteiger partial charge >= 0.3 is 17.6 Å². The van der Waals surface area contributed by atoms with Crippen LogP contribution in [0.15, 0.2) is 21.9 Å². The second-order valence-electron chi connectivity index (χ2n) is 5.75. The summed E-state index contributed by atoms with van der Waals surface area (Å²) in [5.74, 6) is -1.17. The minimum Gasteiger partial charge on any atom is -0.453 e. The summed E-state index contributed by atoms with van der Waals surface area (Å²) in [6, 6.07) is 1.15. The van der Waals surface area contributed by atoms with Crippen LogP contribution in [-0.4, -0.2) is 39.3 Å². The summed E-state index contributed by atoms with van der Waals surface area (Å²) in [4.78, 5) is 48.5. The van der Waals surface area contributed by atoms with E-state index < -0.39 is 47.2 Å². The lowest BCUT2D eigenvalue weighted by atomic mass is 9.92. The van der Waals surface area contributed by atoms with Crippen molar-refractivity contribution in [1.82, 2.24) is 9.55 Å². The van der Waals surface area contributed by atoms with Gasteiger partial charge in [-0.3, -0.25) is 23.9 Å². The number of nitrogens with zero attached hydrogens (tertiary/aromatic N) is 1. The van der Waals surface area contributed by atoms with Gasteiger partial charge < -0.3 is 14.2 Å². The molecule has 1 aromatic heterocycles. The quantitative estimate of drug-likeness (QED) is 0.772. The van der Waals surface area contributed by atoms with Crippen LogP contribution in [0.3, 0.4) is 0 Å². The number of nitrogens with one attached hydrogen (secondary N) is 1. The fraction of sp³-hybridized carbons (Fsp3) is 0.600. The highest BCUT2D eigenvalue weighted by atomic mass is 16.7. The number of carbonyl (C=O) groups excluding carboxylic acids is 2. The zero-order chi connectivity index (χ0) is 18.1. The standard InChI is InChI=1S/C15H20N2O7/c1-5-10-15(4,24-9(3)19)12(22-8(2)18)13(23-10)17-7-6-11(20)16-14(17)21/h6-7,10,12-13H,5H2,1-4H3,(H,16,20,21)/t10-,12?,13-,15-/m1/s1. The maximum Gasteiger partial charge on any atom is 0.330 e. The summed E-state index contributed by atoms with van der Waals surface area (Å²) in [5, 5.41) is 0. The number of rotatable bonds is 4. The first-order valence-corrected chi connectivity index (χ1v) is 7.52. The van der Waals surface area contributed by atoms with Gasteiger partial charge in [-0.2, -0.15) is 0 Å². The van der Waals surface area contributed by atoms with Crippen molar-refractivity contribution >= 4 is 11.9 Å². The molecule has 1 unspecified atom stereocenters. The van der Waals surface area contributed by atoms with E-state index in [2.05, 4.69) is 4.98 Å². The molecule has 0 aromatic carbocycles. The van der Waals surface area contributed by atoms with E-state index in [4.69, 9.17) is 14.2 Å². The highest BCUT2D eigenvalue weighted by Crippen LogP contribution is 2.42. The van der Waals surface area contributed by atoms with Crippen LogP contribution in [0, 0.1) is 0 Å². The maximum absolute atomic E-state index is 12.1. The molecule has 0 amide bonds. The topological polar surface area (TPSA) is 117 Å². The third-order valence-electron chi connectivity index (χ3n) is 3.92. The van der Waals surface area contributed by atoms with Gasteiger partial charge in [0.25, 0.3) is 5.56 Å². The van der Waals surface area contributed by atoms with Gasteiger partial charge in [0.15, 0.2) is 17.9 Å². The molecule has 0 bridgehead atoms. The Morgan fingerprint density at radius 3 is 2.50 bits per heavy atom. The van der Waals surface area contributed by atoms with Gasteiger partial charge in [0.2, 0.25) is 0 Å². The fourth-order valence-electron chi connectivity index (χ4n) is 2.97. The van der Waals surface area contributed by atoms with E-state index in [1.54, 1.807) is 6.92 Å². The smallest absolute Gasteiger partial charge is 0.330 e. The van der Waals surface area contributed by atoms with Crippen LogP contribution in [0.5, 0.6) is 0 Å². The normalized spacial score (nSPS) is 29.2. The Balaban J connectivity index is 2.53. The Morgan fingerprint density at radius 1 is 1.33 bits per heavy atom. The molecule has 1 aliphatic rings. The number of H-pyrrole nitrogens is 1. The second-order valence-corrected chi connectivity index (χ2v) is 5.75. The Morgan fingerprint density at radius 2 is 2.00 bits per heavy atom. The molecule has 1 aliphatic heterocycles. The summed E-state index contributed by atoms with van der Waals surface area (Å²) in [7, 11) is 0. The fourth-order valence-corrected chi connectivity index (χ4v) is 2.97. The number of aromatic nitrogens is 2. The second kappa shape index (κ2) is 6.60. The van der Waals surface area contributed by atoms with Crippen molar-refractivity contribution < 1.29 is 23.8 Å². The van der Waals surface area contributed by atoms with Crippen LogP contribution < -0.4 is 11.2 Å². The SMILES string of the molecule is CC[C@H]1O[C@@H](n2ccc(=O)[nH]c2=O)C(OC(C)=O)[C@]1(C)OC(C)=O. The van der Waals surface area contributed by atoms with Crippen LogP contribution in [0.25, 0.3) is 0 Å². The first-order valence-electron chi connectivity index (χ1n) is 7.52. The van der Waals surface area contributed by atoms with Crippen molar-refractivity contribution in [2.24, 2.45) is 0 Å². The molecule has 2 rings (SSSR count). The molecule has 0 aliphatic carbocycles. The van der Waals surface area contributed by atoms with E-state index in [0.717, 1.165) is 10.6 Å². The predicted octanol–water partition coefficient (Wildman–Crippen LogP) is 0.0975. The molecule has 9 heteroatoms. The molecule has 0 spiro atoms. The molecular formula is C15H20N2O7. The summed E-state index contributed by atoms with van der Waals surface area (Å²) >= 11 is 0. The molecule has 24 heavy (non-hydrogen) atoms. The zero-order valence-corrected chi connectivity index (χ0v) is 13.9. The van der Waals surface area contributed by atoms with Gasteiger partial charge in [-0.1, -0.05) is 6.92 Å².